The van der Waals surface area contributed by atoms with Crippen molar-refractivity contribution >= 4 is 22.6 Å². The number of halogens is 4. The van der Waals surface area contributed by atoms with E-state index < -0.39 is 6.68 Å². The first-order valence-corrected chi connectivity index (χ1v) is 4.66. The van der Waals surface area contributed by atoms with Crippen LogP contribution < -0.4 is 0 Å². The van der Waals surface area contributed by atoms with Crippen LogP contribution in [-0.4, -0.2) is 6.68 Å². The predicted octanol–water partition coefficient (Wildman–Crippen LogP) is 4.09. The normalized spacial score (nSPS) is 9.46. The predicted molar refractivity (Wildman–Crippen MR) is 55.7 cm³/mol. The third kappa shape index (κ3) is 6.86. The highest BCUT2D eigenvalue weighted by molar-refractivity contribution is 14.1. The smallest absolute Gasteiger partial charge is 0.174 e. The highest BCUT2D eigenvalue weighted by atomic mass is 127. The lowest BCUT2D eigenvalue weighted by Gasteiger charge is -1.96. The van der Waals surface area contributed by atoms with Gasteiger partial charge in [0.15, 0.2) is 0 Å². The standard InChI is InChI=1S/C8H9I.CHF3/c1-6-3-4-8(9)7(2)5-6;2-1(3)4/h3-5H,1-2H3;1H. The van der Waals surface area contributed by atoms with Gasteiger partial charge >= 0.3 is 6.68 Å². The lowest BCUT2D eigenvalue weighted by molar-refractivity contribution is 0.00819. The Morgan fingerprint density at radius 2 is 1.62 bits per heavy atom. The molecule has 74 valence electrons. The summed E-state index contributed by atoms with van der Waals surface area (Å²) in [5.74, 6) is 0. The molecule has 0 atom stereocenters. The molecule has 0 saturated heterocycles. The molecule has 0 spiro atoms. The van der Waals surface area contributed by atoms with E-state index in [0.29, 0.717) is 0 Å². The average molecular weight is 302 g/mol. The summed E-state index contributed by atoms with van der Waals surface area (Å²) in [4.78, 5) is 0. The fourth-order valence-electron chi connectivity index (χ4n) is 0.795. The van der Waals surface area contributed by atoms with Crippen LogP contribution in [0, 0.1) is 17.4 Å². The highest BCUT2D eigenvalue weighted by Gasteiger charge is 1.90. The van der Waals surface area contributed by atoms with E-state index in [1.807, 2.05) is 0 Å². The van der Waals surface area contributed by atoms with E-state index in [0.717, 1.165) is 0 Å². The third-order valence-electron chi connectivity index (χ3n) is 1.31. The van der Waals surface area contributed by atoms with Crippen molar-refractivity contribution in [3.63, 3.8) is 0 Å². The van der Waals surface area contributed by atoms with Crippen LogP contribution in [0.5, 0.6) is 0 Å². The summed E-state index contributed by atoms with van der Waals surface area (Å²) in [6, 6.07) is 6.47. The molecule has 0 aromatic heterocycles. The zero-order valence-electron chi connectivity index (χ0n) is 7.32. The Kier molecular flexibility index (Phi) is 6.11. The minimum Gasteiger partial charge on any atom is -0.174 e. The topological polar surface area (TPSA) is 0 Å². The van der Waals surface area contributed by atoms with E-state index in [2.05, 4.69) is 54.6 Å². The van der Waals surface area contributed by atoms with Gasteiger partial charge in [-0.05, 0) is 48.1 Å². The summed E-state index contributed by atoms with van der Waals surface area (Å²) in [5.41, 5.74) is 2.71. The number of rotatable bonds is 0. The van der Waals surface area contributed by atoms with Gasteiger partial charge in [0.1, 0.15) is 0 Å². The first-order valence-electron chi connectivity index (χ1n) is 3.58. The van der Waals surface area contributed by atoms with Crippen molar-refractivity contribution in [2.24, 2.45) is 0 Å². The molecule has 1 rings (SSSR count). The van der Waals surface area contributed by atoms with Gasteiger partial charge in [0.25, 0.3) is 0 Å². The molecule has 0 saturated carbocycles. The number of benzene rings is 1. The molecular weight excluding hydrogens is 292 g/mol. The number of aryl methyl sites for hydroxylation is 2. The minimum atomic E-state index is -3.67. The largest absolute Gasteiger partial charge is 0.379 e. The number of hydrogen-bond acceptors (Lipinski definition) is 0. The van der Waals surface area contributed by atoms with Gasteiger partial charge in [0.2, 0.25) is 0 Å². The maximum atomic E-state index is 9.67. The molecule has 0 nitrogen and oxygen atoms in total. The van der Waals surface area contributed by atoms with Crippen molar-refractivity contribution in [2.45, 2.75) is 20.5 Å². The Balaban J connectivity index is 0.000000310. The molecule has 1 aromatic rings. The van der Waals surface area contributed by atoms with Gasteiger partial charge in [0, 0.05) is 3.57 Å². The van der Waals surface area contributed by atoms with Crippen LogP contribution in [0.4, 0.5) is 13.2 Å². The molecule has 0 N–H and O–H groups in total. The van der Waals surface area contributed by atoms with Gasteiger partial charge in [-0.25, -0.2) is 0 Å². The maximum absolute atomic E-state index is 9.67. The van der Waals surface area contributed by atoms with Crippen LogP contribution in [0.25, 0.3) is 0 Å². The fraction of sp³-hybridized carbons (Fsp3) is 0.333. The van der Waals surface area contributed by atoms with Crippen LogP contribution in [0.15, 0.2) is 18.2 Å². The highest BCUT2D eigenvalue weighted by Crippen LogP contribution is 2.11. The molecule has 0 radical (unpaired) electrons. The Bertz CT molecular complexity index is 258. The first kappa shape index (κ1) is 12.7. The molecule has 0 aliphatic rings. The SMILES string of the molecule is Cc1ccc(I)c(C)c1.FC(F)F. The van der Waals surface area contributed by atoms with E-state index in [1.54, 1.807) is 0 Å². The van der Waals surface area contributed by atoms with Crippen LogP contribution >= 0.6 is 22.6 Å². The molecule has 0 aliphatic carbocycles. The average Bonchev–Trinajstić information content (AvgIpc) is 1.96. The molecule has 0 fully saturated rings. The van der Waals surface area contributed by atoms with E-state index in [4.69, 9.17) is 0 Å². The minimum absolute atomic E-state index is 1.34. The molecule has 0 amide bonds. The lowest BCUT2D eigenvalue weighted by atomic mass is 10.2. The molecule has 4 heteroatoms. The fourth-order valence-corrected chi connectivity index (χ4v) is 1.13. The Labute approximate surface area is 89.3 Å². The van der Waals surface area contributed by atoms with Crippen LogP contribution in [0.2, 0.25) is 0 Å². The van der Waals surface area contributed by atoms with Gasteiger partial charge in [-0.1, -0.05) is 17.7 Å². The molecular formula is C9H10F3I. The van der Waals surface area contributed by atoms with E-state index in [1.165, 1.54) is 14.7 Å². The zero-order valence-corrected chi connectivity index (χ0v) is 9.48. The second-order valence-electron chi connectivity index (χ2n) is 2.50. The number of alkyl halides is 3. The second-order valence-corrected chi connectivity index (χ2v) is 3.66. The number of hydrogen-bond donors (Lipinski definition) is 0. The molecule has 0 bridgehead atoms. The van der Waals surface area contributed by atoms with Gasteiger partial charge < -0.3 is 0 Å². The summed E-state index contributed by atoms with van der Waals surface area (Å²) in [7, 11) is 0. The van der Waals surface area contributed by atoms with E-state index >= 15 is 0 Å². The van der Waals surface area contributed by atoms with Crippen LogP contribution in [-0.2, 0) is 0 Å². The van der Waals surface area contributed by atoms with Gasteiger partial charge in [-0.2, -0.15) is 13.2 Å². The molecule has 1 aromatic carbocycles. The molecule has 0 heterocycles. The van der Waals surface area contributed by atoms with Gasteiger partial charge in [0.05, 0.1) is 0 Å². The Hall–Kier alpha value is -0.260. The zero-order chi connectivity index (χ0) is 10.4. The van der Waals surface area contributed by atoms with Crippen molar-refractivity contribution in [1.29, 1.82) is 0 Å². The molecule has 0 unspecified atom stereocenters. The second kappa shape index (κ2) is 6.23. The third-order valence-corrected chi connectivity index (χ3v) is 2.52. The van der Waals surface area contributed by atoms with E-state index in [9.17, 15) is 13.2 Å². The monoisotopic (exact) mass is 302 g/mol. The quantitative estimate of drug-likeness (QED) is 0.633. The van der Waals surface area contributed by atoms with Crippen molar-refractivity contribution in [1.82, 2.24) is 0 Å². The summed E-state index contributed by atoms with van der Waals surface area (Å²) >= 11 is 2.34. The van der Waals surface area contributed by atoms with Crippen LogP contribution in [0.1, 0.15) is 11.1 Å². The summed E-state index contributed by atoms with van der Waals surface area (Å²) in [6.07, 6.45) is 0. The Morgan fingerprint density at radius 1 is 1.15 bits per heavy atom. The molecule has 13 heavy (non-hydrogen) atoms. The Morgan fingerprint density at radius 3 is 1.92 bits per heavy atom. The van der Waals surface area contributed by atoms with Crippen molar-refractivity contribution in [3.05, 3.63) is 32.9 Å². The first-order chi connectivity index (χ1) is 5.93. The van der Waals surface area contributed by atoms with E-state index in [-0.39, 0.29) is 0 Å². The summed E-state index contributed by atoms with van der Waals surface area (Å²) in [5, 5.41) is 0. The van der Waals surface area contributed by atoms with Gasteiger partial charge in [-0.3, -0.25) is 0 Å². The van der Waals surface area contributed by atoms with Gasteiger partial charge in [-0.15, -0.1) is 0 Å². The maximum Gasteiger partial charge on any atom is 0.379 e. The van der Waals surface area contributed by atoms with Crippen LogP contribution in [0.3, 0.4) is 0 Å². The van der Waals surface area contributed by atoms with Crippen molar-refractivity contribution in [3.8, 4) is 0 Å². The lowest BCUT2D eigenvalue weighted by Crippen LogP contribution is -1.79. The molecule has 0 aliphatic heterocycles. The van der Waals surface area contributed by atoms with Crippen molar-refractivity contribution < 1.29 is 13.2 Å². The summed E-state index contributed by atoms with van der Waals surface area (Å²) < 4.78 is 30.3. The van der Waals surface area contributed by atoms with Crippen molar-refractivity contribution in [2.75, 3.05) is 0 Å². The summed E-state index contributed by atoms with van der Waals surface area (Å²) in [6.45, 7) is 0.581.